The molecule has 1 aliphatic rings. The maximum atomic E-state index is 12.0. The van der Waals surface area contributed by atoms with Crippen LogP contribution in [0.4, 0.5) is 0 Å². The summed E-state index contributed by atoms with van der Waals surface area (Å²) >= 11 is 0. The Labute approximate surface area is 141 Å². The highest BCUT2D eigenvalue weighted by Crippen LogP contribution is 2.36. The maximum absolute atomic E-state index is 12.0. The lowest BCUT2D eigenvalue weighted by atomic mass is 9.72. The zero-order valence-corrected chi connectivity index (χ0v) is 13.8. The molecule has 3 nitrogen and oxygen atoms in total. The average molecular weight is 318 g/mol. The minimum Gasteiger partial charge on any atom is -0.368 e. The van der Waals surface area contributed by atoms with E-state index >= 15 is 0 Å². The monoisotopic (exact) mass is 318 g/mol. The van der Waals surface area contributed by atoms with E-state index in [9.17, 15) is 9.59 Å². The van der Waals surface area contributed by atoms with Gasteiger partial charge in [0, 0.05) is 17.5 Å². The first-order valence-corrected chi connectivity index (χ1v) is 7.92. The first-order chi connectivity index (χ1) is 11.5. The van der Waals surface area contributed by atoms with Gasteiger partial charge in [-0.05, 0) is 53.7 Å². The summed E-state index contributed by atoms with van der Waals surface area (Å²) in [4.78, 5) is 23.9. The number of fused-ring (bicyclic) bond motifs is 1. The van der Waals surface area contributed by atoms with Crippen LogP contribution >= 0.6 is 0 Å². The summed E-state index contributed by atoms with van der Waals surface area (Å²) in [6.07, 6.45) is 3.88. The molecule has 1 aliphatic carbocycles. The molecule has 0 unspecified atom stereocenters. The molecule has 0 fully saturated rings. The second-order valence-electron chi connectivity index (χ2n) is 6.55. The number of rotatable bonds is 1. The van der Waals surface area contributed by atoms with Crippen molar-refractivity contribution in [3.05, 3.63) is 70.8 Å². The molecule has 3 heteroatoms. The predicted molar refractivity (Wildman–Crippen MR) is 91.8 cm³/mol. The van der Waals surface area contributed by atoms with Crippen molar-refractivity contribution < 1.29 is 14.3 Å². The second-order valence-corrected chi connectivity index (χ2v) is 6.55. The van der Waals surface area contributed by atoms with Gasteiger partial charge < -0.3 is 4.74 Å². The highest BCUT2D eigenvalue weighted by molar-refractivity contribution is 5.99. The molecule has 3 rings (SSSR count). The van der Waals surface area contributed by atoms with Gasteiger partial charge in [0.05, 0.1) is 5.56 Å². The fraction of sp³-hybridized carbons (Fsp3) is 0.238. The molecular formula is C21H18O3. The number of carbonyl (C=O) groups excluding carboxylic acids is 2. The van der Waals surface area contributed by atoms with E-state index in [0.717, 1.165) is 23.1 Å². The molecule has 0 atom stereocenters. The Morgan fingerprint density at radius 2 is 1.88 bits per heavy atom. The van der Waals surface area contributed by atoms with Crippen LogP contribution in [0.15, 0.2) is 48.5 Å². The number of carbonyl (C=O) groups is 2. The van der Waals surface area contributed by atoms with E-state index in [0.29, 0.717) is 12.0 Å². The van der Waals surface area contributed by atoms with E-state index in [4.69, 9.17) is 4.74 Å². The first-order valence-electron chi connectivity index (χ1n) is 7.92. The zero-order valence-electron chi connectivity index (χ0n) is 13.8. The van der Waals surface area contributed by atoms with Gasteiger partial charge in [-0.3, -0.25) is 4.79 Å². The van der Waals surface area contributed by atoms with Crippen molar-refractivity contribution in [2.24, 2.45) is 0 Å². The summed E-state index contributed by atoms with van der Waals surface area (Å²) in [7, 11) is 0. The number of hydrogen-bond acceptors (Lipinski definition) is 3. The molecule has 0 bridgehead atoms. The number of benzene rings is 2. The Morgan fingerprint density at radius 3 is 2.62 bits per heavy atom. The molecule has 0 heterocycles. The predicted octanol–water partition coefficient (Wildman–Crippen LogP) is 4.11. The fourth-order valence-corrected chi connectivity index (χ4v) is 2.88. The summed E-state index contributed by atoms with van der Waals surface area (Å²) in [5.74, 6) is 2.55. The van der Waals surface area contributed by atoms with Gasteiger partial charge in [0.15, 0.2) is 5.78 Å². The van der Waals surface area contributed by atoms with Crippen LogP contribution in [0.2, 0.25) is 0 Å². The molecule has 0 aromatic heterocycles. The highest BCUT2D eigenvalue weighted by Gasteiger charge is 2.31. The maximum Gasteiger partial charge on any atom is 0.352 e. The van der Waals surface area contributed by atoms with Crippen LogP contribution in [0.3, 0.4) is 0 Å². The third-order valence-electron chi connectivity index (χ3n) is 4.37. The van der Waals surface area contributed by atoms with Crippen molar-refractivity contribution in [2.45, 2.75) is 32.1 Å². The van der Waals surface area contributed by atoms with Crippen molar-refractivity contribution in [3.63, 3.8) is 0 Å². The van der Waals surface area contributed by atoms with Crippen LogP contribution in [0.1, 0.15) is 58.5 Å². The van der Waals surface area contributed by atoms with Crippen LogP contribution in [-0.4, -0.2) is 11.8 Å². The van der Waals surface area contributed by atoms with Gasteiger partial charge in [0.25, 0.3) is 0 Å². The quantitative estimate of drug-likeness (QED) is 0.587. The lowest BCUT2D eigenvalue weighted by molar-refractivity contribution is 0.0690. The molecule has 0 saturated heterocycles. The molecule has 2 aromatic rings. The van der Waals surface area contributed by atoms with Gasteiger partial charge in [-0.25, -0.2) is 4.79 Å². The summed E-state index contributed by atoms with van der Waals surface area (Å²) in [5.41, 5.74) is 2.93. The van der Waals surface area contributed by atoms with Crippen LogP contribution in [0.25, 0.3) is 0 Å². The fourth-order valence-electron chi connectivity index (χ4n) is 2.88. The number of ether oxygens (including phenoxy) is 1. The normalized spacial score (nSPS) is 15.0. The van der Waals surface area contributed by atoms with Gasteiger partial charge in [-0.2, -0.15) is 0 Å². The summed E-state index contributed by atoms with van der Waals surface area (Å²) in [6, 6.07) is 14.3. The first kappa shape index (κ1) is 16.0. The second kappa shape index (κ2) is 6.33. The molecule has 0 aliphatic heterocycles. The van der Waals surface area contributed by atoms with Crippen molar-refractivity contribution >= 4 is 11.8 Å². The van der Waals surface area contributed by atoms with E-state index in [1.54, 1.807) is 30.3 Å². The minimum absolute atomic E-state index is 0.0539. The minimum atomic E-state index is -0.475. The molecule has 120 valence electrons. The Kier molecular flexibility index (Phi) is 4.22. The molecule has 0 saturated carbocycles. The smallest absolute Gasteiger partial charge is 0.352 e. The summed E-state index contributed by atoms with van der Waals surface area (Å²) in [5, 5.41) is 0. The number of Topliss-reactive ketones (excluding diaryl/α,β-unsaturated/α-hetero) is 1. The van der Waals surface area contributed by atoms with Crippen molar-refractivity contribution in [2.75, 3.05) is 0 Å². The third-order valence-corrected chi connectivity index (χ3v) is 4.37. The van der Waals surface area contributed by atoms with E-state index < -0.39 is 5.97 Å². The van der Waals surface area contributed by atoms with Gasteiger partial charge in [0.1, 0.15) is 6.11 Å². The zero-order chi connectivity index (χ0) is 17.2. The van der Waals surface area contributed by atoms with E-state index in [1.165, 1.54) is 0 Å². The van der Waals surface area contributed by atoms with Crippen LogP contribution in [-0.2, 0) is 10.2 Å². The largest absolute Gasteiger partial charge is 0.368 e. The van der Waals surface area contributed by atoms with Crippen LogP contribution in [0.5, 0.6) is 0 Å². The van der Waals surface area contributed by atoms with Crippen molar-refractivity contribution in [3.8, 4) is 12.0 Å². The SMILES string of the molecule is CC1(C)CCC(=O)c2ccc(C#COC(=O)c3ccccc3)cc21. The van der Waals surface area contributed by atoms with Gasteiger partial charge >= 0.3 is 5.97 Å². The van der Waals surface area contributed by atoms with Crippen molar-refractivity contribution in [1.82, 2.24) is 0 Å². The Balaban J connectivity index is 1.80. The highest BCUT2D eigenvalue weighted by atomic mass is 16.5. The molecule has 0 spiro atoms. The number of esters is 1. The van der Waals surface area contributed by atoms with E-state index in [-0.39, 0.29) is 11.2 Å². The molecular weight excluding hydrogens is 300 g/mol. The van der Waals surface area contributed by atoms with Gasteiger partial charge in [-0.15, -0.1) is 0 Å². The lowest BCUT2D eigenvalue weighted by Crippen LogP contribution is -2.27. The number of hydrogen-bond donors (Lipinski definition) is 0. The average Bonchev–Trinajstić information content (AvgIpc) is 2.59. The summed E-state index contributed by atoms with van der Waals surface area (Å²) < 4.78 is 4.98. The van der Waals surface area contributed by atoms with E-state index in [1.807, 2.05) is 18.2 Å². The molecule has 0 amide bonds. The molecule has 0 radical (unpaired) electrons. The van der Waals surface area contributed by atoms with Gasteiger partial charge in [-0.1, -0.05) is 32.0 Å². The van der Waals surface area contributed by atoms with Crippen LogP contribution in [0, 0.1) is 12.0 Å². The van der Waals surface area contributed by atoms with Gasteiger partial charge in [0.2, 0.25) is 0 Å². The molecule has 0 N–H and O–H groups in total. The third kappa shape index (κ3) is 3.23. The topological polar surface area (TPSA) is 43.4 Å². The summed E-state index contributed by atoms with van der Waals surface area (Å²) in [6.45, 7) is 4.26. The Bertz CT molecular complexity index is 852. The lowest BCUT2D eigenvalue weighted by Gasteiger charge is -2.31. The Hall–Kier alpha value is -2.86. The molecule has 24 heavy (non-hydrogen) atoms. The Morgan fingerprint density at radius 1 is 1.12 bits per heavy atom. The standard InChI is InChI=1S/C21H18O3/c1-21(2)12-10-19(22)17-9-8-15(14-18(17)21)11-13-24-20(23)16-6-4-3-5-7-16/h3-9,14H,10,12H2,1-2H3. The number of ketones is 1. The van der Waals surface area contributed by atoms with E-state index in [2.05, 4.69) is 25.9 Å². The molecule has 2 aromatic carbocycles. The van der Waals surface area contributed by atoms with Crippen molar-refractivity contribution in [1.29, 1.82) is 0 Å². The van der Waals surface area contributed by atoms with Crippen LogP contribution < -0.4 is 0 Å².